The van der Waals surface area contributed by atoms with Crippen LogP contribution in [-0.4, -0.2) is 26.4 Å². The number of thioether (sulfide) groups is 1. The molecule has 0 fully saturated rings. The Morgan fingerprint density at radius 2 is 1.70 bits per heavy atom. The molecule has 0 saturated carbocycles. The molecule has 30 heavy (non-hydrogen) atoms. The van der Waals surface area contributed by atoms with Crippen LogP contribution in [0.2, 0.25) is 0 Å². The molecule has 0 radical (unpaired) electrons. The van der Waals surface area contributed by atoms with Gasteiger partial charge >= 0.3 is 0 Å². The standard InChI is InChI=1S/C22H16Br2N4OS/c23-15-7-6-8-16(13-15)25-20(29)14-30-22-27-26-21(18-11-4-5-12-19(18)24)28(22)17-9-2-1-3-10-17/h1-13H,14H2,(H,25,29). The molecule has 0 saturated heterocycles. The third kappa shape index (κ3) is 4.83. The molecule has 0 aliphatic carbocycles. The summed E-state index contributed by atoms with van der Waals surface area (Å²) in [7, 11) is 0. The first-order valence-electron chi connectivity index (χ1n) is 9.06. The van der Waals surface area contributed by atoms with E-state index in [9.17, 15) is 4.79 Å². The molecular weight excluding hydrogens is 528 g/mol. The SMILES string of the molecule is O=C(CSc1nnc(-c2ccccc2Br)n1-c1ccccc1)Nc1cccc(Br)c1. The highest BCUT2D eigenvalue weighted by Crippen LogP contribution is 2.32. The van der Waals surface area contributed by atoms with Crippen LogP contribution in [0, 0.1) is 0 Å². The molecule has 0 bridgehead atoms. The highest BCUT2D eigenvalue weighted by atomic mass is 79.9. The van der Waals surface area contributed by atoms with Crippen molar-refractivity contribution in [1.82, 2.24) is 14.8 Å². The first-order valence-corrected chi connectivity index (χ1v) is 11.6. The van der Waals surface area contributed by atoms with Crippen molar-refractivity contribution >= 4 is 55.2 Å². The lowest BCUT2D eigenvalue weighted by Crippen LogP contribution is -2.14. The van der Waals surface area contributed by atoms with E-state index in [1.165, 1.54) is 11.8 Å². The summed E-state index contributed by atoms with van der Waals surface area (Å²) in [5, 5.41) is 12.3. The van der Waals surface area contributed by atoms with Gasteiger partial charge in [-0.3, -0.25) is 9.36 Å². The molecular formula is C22H16Br2N4OS. The fourth-order valence-corrected chi connectivity index (χ4v) is 4.50. The maximum Gasteiger partial charge on any atom is 0.234 e. The van der Waals surface area contributed by atoms with Crippen LogP contribution >= 0.6 is 43.6 Å². The van der Waals surface area contributed by atoms with Crippen molar-refractivity contribution in [3.8, 4) is 17.1 Å². The summed E-state index contributed by atoms with van der Waals surface area (Å²) in [4.78, 5) is 12.5. The predicted octanol–water partition coefficient (Wildman–Crippen LogP) is 6.19. The zero-order valence-electron chi connectivity index (χ0n) is 15.6. The van der Waals surface area contributed by atoms with E-state index in [1.807, 2.05) is 83.4 Å². The molecule has 1 heterocycles. The average molecular weight is 544 g/mol. The summed E-state index contributed by atoms with van der Waals surface area (Å²) in [6.45, 7) is 0. The van der Waals surface area contributed by atoms with Gasteiger partial charge < -0.3 is 5.32 Å². The van der Waals surface area contributed by atoms with Crippen LogP contribution < -0.4 is 5.32 Å². The zero-order valence-corrected chi connectivity index (χ0v) is 19.6. The number of nitrogens with zero attached hydrogens (tertiary/aromatic N) is 3. The molecule has 0 spiro atoms. The number of benzene rings is 3. The Balaban J connectivity index is 1.60. The molecule has 5 nitrogen and oxygen atoms in total. The molecule has 150 valence electrons. The van der Waals surface area contributed by atoms with Crippen LogP contribution in [-0.2, 0) is 4.79 Å². The molecule has 4 rings (SSSR count). The Morgan fingerprint density at radius 3 is 2.47 bits per heavy atom. The first-order chi connectivity index (χ1) is 14.6. The van der Waals surface area contributed by atoms with Crippen molar-refractivity contribution in [1.29, 1.82) is 0 Å². The van der Waals surface area contributed by atoms with Crippen LogP contribution in [0.4, 0.5) is 5.69 Å². The van der Waals surface area contributed by atoms with E-state index in [1.54, 1.807) is 0 Å². The molecule has 1 aromatic heterocycles. The van der Waals surface area contributed by atoms with Crippen molar-refractivity contribution in [2.75, 3.05) is 11.1 Å². The minimum absolute atomic E-state index is 0.108. The van der Waals surface area contributed by atoms with E-state index >= 15 is 0 Å². The normalized spacial score (nSPS) is 10.7. The van der Waals surface area contributed by atoms with Gasteiger partial charge in [0.05, 0.1) is 5.75 Å². The second kappa shape index (κ2) is 9.59. The van der Waals surface area contributed by atoms with Gasteiger partial charge in [-0.1, -0.05) is 86.1 Å². The molecule has 0 unspecified atom stereocenters. The van der Waals surface area contributed by atoms with Crippen LogP contribution in [0.5, 0.6) is 0 Å². The van der Waals surface area contributed by atoms with Crippen LogP contribution in [0.15, 0.2) is 93.0 Å². The van der Waals surface area contributed by atoms with E-state index in [0.29, 0.717) is 11.0 Å². The summed E-state index contributed by atoms with van der Waals surface area (Å²) >= 11 is 8.36. The van der Waals surface area contributed by atoms with E-state index in [4.69, 9.17) is 0 Å². The molecule has 0 aliphatic rings. The lowest BCUT2D eigenvalue weighted by molar-refractivity contribution is -0.113. The number of aromatic nitrogens is 3. The number of hydrogen-bond acceptors (Lipinski definition) is 4. The average Bonchev–Trinajstić information content (AvgIpc) is 3.17. The lowest BCUT2D eigenvalue weighted by Gasteiger charge is -2.11. The maximum absolute atomic E-state index is 12.5. The number of amides is 1. The van der Waals surface area contributed by atoms with Crippen LogP contribution in [0.25, 0.3) is 17.1 Å². The number of carbonyl (C=O) groups is 1. The Labute approximate surface area is 195 Å². The van der Waals surface area contributed by atoms with Gasteiger partial charge in [-0.05, 0) is 36.4 Å². The van der Waals surface area contributed by atoms with Gasteiger partial charge in [-0.2, -0.15) is 0 Å². The van der Waals surface area contributed by atoms with Gasteiger partial charge in [0.25, 0.3) is 0 Å². The van der Waals surface area contributed by atoms with Crippen LogP contribution in [0.1, 0.15) is 0 Å². The highest BCUT2D eigenvalue weighted by Gasteiger charge is 2.18. The molecule has 8 heteroatoms. The van der Waals surface area contributed by atoms with Crippen molar-refractivity contribution < 1.29 is 4.79 Å². The zero-order chi connectivity index (χ0) is 20.9. The Hall–Kier alpha value is -2.42. The Bertz CT molecular complexity index is 1180. The number of carbonyl (C=O) groups excluding carboxylic acids is 1. The van der Waals surface area contributed by atoms with Gasteiger partial charge in [0.1, 0.15) is 0 Å². The fraction of sp³-hybridized carbons (Fsp3) is 0.0455. The van der Waals surface area contributed by atoms with Gasteiger partial charge in [-0.25, -0.2) is 0 Å². The highest BCUT2D eigenvalue weighted by molar-refractivity contribution is 9.10. The number of nitrogens with one attached hydrogen (secondary N) is 1. The minimum Gasteiger partial charge on any atom is -0.325 e. The Morgan fingerprint density at radius 1 is 0.933 bits per heavy atom. The second-order valence-electron chi connectivity index (χ2n) is 6.30. The van der Waals surface area contributed by atoms with Crippen LogP contribution in [0.3, 0.4) is 0 Å². The van der Waals surface area contributed by atoms with Gasteiger partial charge in [0.15, 0.2) is 11.0 Å². The smallest absolute Gasteiger partial charge is 0.234 e. The topological polar surface area (TPSA) is 59.8 Å². The number of hydrogen-bond donors (Lipinski definition) is 1. The second-order valence-corrected chi connectivity index (χ2v) is 9.02. The first kappa shape index (κ1) is 20.8. The summed E-state index contributed by atoms with van der Waals surface area (Å²) < 4.78 is 3.81. The minimum atomic E-state index is -0.108. The van der Waals surface area contributed by atoms with Crippen molar-refractivity contribution in [3.63, 3.8) is 0 Å². The quantitative estimate of drug-likeness (QED) is 0.294. The van der Waals surface area contributed by atoms with Gasteiger partial charge in [0, 0.05) is 25.9 Å². The number of para-hydroxylation sites is 1. The van der Waals surface area contributed by atoms with E-state index in [2.05, 4.69) is 47.4 Å². The summed E-state index contributed by atoms with van der Waals surface area (Å²) in [6, 6.07) is 25.3. The van der Waals surface area contributed by atoms with Gasteiger partial charge in [-0.15, -0.1) is 10.2 Å². The maximum atomic E-state index is 12.5. The third-order valence-corrected chi connectivity index (χ3v) is 6.32. The fourth-order valence-electron chi connectivity index (χ4n) is 2.88. The molecule has 0 atom stereocenters. The van der Waals surface area contributed by atoms with Crippen molar-refractivity contribution in [2.45, 2.75) is 5.16 Å². The Kier molecular flexibility index (Phi) is 6.66. The molecule has 1 amide bonds. The predicted molar refractivity (Wildman–Crippen MR) is 128 cm³/mol. The third-order valence-electron chi connectivity index (χ3n) is 4.20. The summed E-state index contributed by atoms with van der Waals surface area (Å²) in [5.41, 5.74) is 2.61. The number of rotatable bonds is 6. The van der Waals surface area contributed by atoms with Crippen molar-refractivity contribution in [3.05, 3.63) is 87.8 Å². The van der Waals surface area contributed by atoms with Crippen molar-refractivity contribution in [2.24, 2.45) is 0 Å². The number of anilines is 1. The monoisotopic (exact) mass is 542 g/mol. The van der Waals surface area contributed by atoms with E-state index < -0.39 is 0 Å². The van der Waals surface area contributed by atoms with Gasteiger partial charge in [0.2, 0.25) is 5.91 Å². The largest absolute Gasteiger partial charge is 0.325 e. The van der Waals surface area contributed by atoms with E-state index in [-0.39, 0.29) is 11.7 Å². The molecule has 3 aromatic carbocycles. The van der Waals surface area contributed by atoms with E-state index in [0.717, 1.165) is 25.9 Å². The molecule has 0 aliphatic heterocycles. The molecule has 4 aromatic rings. The number of halogens is 2. The summed E-state index contributed by atoms with van der Waals surface area (Å²) in [6.07, 6.45) is 0. The summed E-state index contributed by atoms with van der Waals surface area (Å²) in [5.74, 6) is 0.819. The molecule has 1 N–H and O–H groups in total. The lowest BCUT2D eigenvalue weighted by atomic mass is 10.2.